The Morgan fingerprint density at radius 2 is 1.84 bits per heavy atom. The first-order valence-corrected chi connectivity index (χ1v) is 7.04. The van der Waals surface area contributed by atoms with Crippen LogP contribution in [0.3, 0.4) is 0 Å². The van der Waals surface area contributed by atoms with E-state index >= 15 is 0 Å². The van der Waals surface area contributed by atoms with Crippen LogP contribution in [0.5, 0.6) is 0 Å². The van der Waals surface area contributed by atoms with Crippen molar-refractivity contribution >= 4 is 5.91 Å². The zero-order valence-electron chi connectivity index (χ0n) is 12.0. The maximum atomic E-state index is 12.2. The van der Waals surface area contributed by atoms with E-state index in [1.807, 2.05) is 24.3 Å². The highest BCUT2D eigenvalue weighted by molar-refractivity contribution is 5.95. The highest BCUT2D eigenvalue weighted by atomic mass is 16.7. The van der Waals surface area contributed by atoms with Crippen LogP contribution in [0.25, 0.3) is 0 Å². The van der Waals surface area contributed by atoms with Crippen molar-refractivity contribution in [2.45, 2.75) is 58.0 Å². The van der Waals surface area contributed by atoms with Gasteiger partial charge in [-0.3, -0.25) is 9.63 Å². The fourth-order valence-corrected chi connectivity index (χ4v) is 2.53. The number of hydrogen-bond donors (Lipinski definition) is 1. The van der Waals surface area contributed by atoms with Gasteiger partial charge in [0.05, 0.1) is 6.10 Å². The van der Waals surface area contributed by atoms with Crippen LogP contribution in [-0.2, 0) is 10.3 Å². The van der Waals surface area contributed by atoms with Crippen molar-refractivity contribution < 1.29 is 9.63 Å². The third-order valence-electron chi connectivity index (χ3n) is 3.60. The van der Waals surface area contributed by atoms with Gasteiger partial charge in [-0.15, -0.1) is 0 Å². The predicted molar refractivity (Wildman–Crippen MR) is 75.9 cm³/mol. The molecule has 1 aliphatic carbocycles. The monoisotopic (exact) mass is 261 g/mol. The molecular weight excluding hydrogens is 238 g/mol. The Morgan fingerprint density at radius 3 is 2.47 bits per heavy atom. The molecule has 0 heterocycles. The minimum atomic E-state index is -0.141. The van der Waals surface area contributed by atoms with Crippen LogP contribution in [-0.4, -0.2) is 12.0 Å². The molecule has 0 atom stereocenters. The second-order valence-corrected chi connectivity index (χ2v) is 6.25. The van der Waals surface area contributed by atoms with Gasteiger partial charge in [-0.1, -0.05) is 51.8 Å². The molecule has 19 heavy (non-hydrogen) atoms. The van der Waals surface area contributed by atoms with Gasteiger partial charge in [0, 0.05) is 5.56 Å². The molecule has 2 rings (SSSR count). The van der Waals surface area contributed by atoms with Gasteiger partial charge in [-0.25, -0.2) is 5.48 Å². The molecule has 1 aromatic carbocycles. The Morgan fingerprint density at radius 1 is 1.21 bits per heavy atom. The molecule has 0 aliphatic heterocycles. The van der Waals surface area contributed by atoms with E-state index in [0.717, 1.165) is 18.4 Å². The molecule has 3 nitrogen and oxygen atoms in total. The molecule has 0 bridgehead atoms. The number of amides is 1. The first-order valence-electron chi connectivity index (χ1n) is 7.04. The summed E-state index contributed by atoms with van der Waals surface area (Å²) in [7, 11) is 0. The van der Waals surface area contributed by atoms with Crippen LogP contribution in [0, 0.1) is 0 Å². The molecule has 1 aromatic rings. The molecule has 1 aliphatic rings. The zero-order chi connectivity index (χ0) is 13.9. The molecule has 1 N–H and O–H groups in total. The summed E-state index contributed by atoms with van der Waals surface area (Å²) in [5.74, 6) is -0.141. The van der Waals surface area contributed by atoms with Gasteiger partial charge in [0.1, 0.15) is 0 Å². The highest BCUT2D eigenvalue weighted by Gasteiger charge is 2.22. The predicted octanol–water partition coefficient (Wildman–Crippen LogP) is 3.59. The lowest BCUT2D eigenvalue weighted by atomic mass is 9.83. The van der Waals surface area contributed by atoms with Crippen molar-refractivity contribution in [1.82, 2.24) is 5.48 Å². The number of hydroxylamine groups is 1. The Bertz CT molecular complexity index is 442. The first-order chi connectivity index (χ1) is 8.98. The third kappa shape index (κ3) is 3.57. The topological polar surface area (TPSA) is 38.3 Å². The Balaban J connectivity index is 2.06. The minimum absolute atomic E-state index is 0.0543. The van der Waals surface area contributed by atoms with Crippen LogP contribution >= 0.6 is 0 Å². The molecule has 0 radical (unpaired) electrons. The smallest absolute Gasteiger partial charge is 0.270 e. The van der Waals surface area contributed by atoms with Gasteiger partial charge < -0.3 is 0 Å². The van der Waals surface area contributed by atoms with Crippen LogP contribution in [0.1, 0.15) is 62.4 Å². The van der Waals surface area contributed by atoms with Crippen LogP contribution < -0.4 is 5.48 Å². The zero-order valence-corrected chi connectivity index (χ0v) is 12.0. The average Bonchev–Trinajstić information content (AvgIpc) is 2.88. The molecule has 1 saturated carbocycles. The van der Waals surface area contributed by atoms with E-state index in [0.29, 0.717) is 5.56 Å². The second-order valence-electron chi connectivity index (χ2n) is 6.25. The SMILES string of the molecule is CC(C)(C)c1ccccc1C(=O)NOC1CCCC1. The summed E-state index contributed by atoms with van der Waals surface area (Å²) in [4.78, 5) is 17.7. The second kappa shape index (κ2) is 5.74. The van der Waals surface area contributed by atoms with Gasteiger partial charge in [-0.2, -0.15) is 0 Å². The van der Waals surface area contributed by atoms with E-state index in [4.69, 9.17) is 4.84 Å². The maximum Gasteiger partial charge on any atom is 0.275 e. The number of carbonyl (C=O) groups is 1. The summed E-state index contributed by atoms with van der Waals surface area (Å²) in [6.45, 7) is 6.32. The molecule has 0 spiro atoms. The van der Waals surface area contributed by atoms with Gasteiger partial charge in [0.15, 0.2) is 0 Å². The first kappa shape index (κ1) is 14.1. The summed E-state index contributed by atoms with van der Waals surface area (Å²) in [5, 5.41) is 0. The van der Waals surface area contributed by atoms with Crippen LogP contribution in [0.4, 0.5) is 0 Å². The molecule has 3 heteroatoms. The number of rotatable bonds is 3. The van der Waals surface area contributed by atoms with Gasteiger partial charge >= 0.3 is 0 Å². The fourth-order valence-electron chi connectivity index (χ4n) is 2.53. The van der Waals surface area contributed by atoms with Crippen LogP contribution in [0.15, 0.2) is 24.3 Å². The van der Waals surface area contributed by atoms with Crippen molar-refractivity contribution in [3.05, 3.63) is 35.4 Å². The van der Waals surface area contributed by atoms with Crippen molar-refractivity contribution in [2.75, 3.05) is 0 Å². The lowest BCUT2D eigenvalue weighted by Crippen LogP contribution is -2.30. The summed E-state index contributed by atoms with van der Waals surface area (Å²) >= 11 is 0. The van der Waals surface area contributed by atoms with Crippen molar-refractivity contribution in [3.63, 3.8) is 0 Å². The molecular formula is C16H23NO2. The van der Waals surface area contributed by atoms with E-state index in [2.05, 4.69) is 26.3 Å². The lowest BCUT2D eigenvalue weighted by Gasteiger charge is -2.22. The summed E-state index contributed by atoms with van der Waals surface area (Å²) < 4.78 is 0. The molecule has 0 unspecified atom stereocenters. The summed E-state index contributed by atoms with van der Waals surface area (Å²) in [6, 6.07) is 7.72. The Hall–Kier alpha value is -1.35. The third-order valence-corrected chi connectivity index (χ3v) is 3.60. The Kier molecular flexibility index (Phi) is 4.25. The van der Waals surface area contributed by atoms with Crippen LogP contribution in [0.2, 0.25) is 0 Å². The van der Waals surface area contributed by atoms with E-state index in [9.17, 15) is 4.79 Å². The van der Waals surface area contributed by atoms with Gasteiger partial charge in [0.2, 0.25) is 0 Å². The largest absolute Gasteiger partial charge is 0.275 e. The van der Waals surface area contributed by atoms with Crippen molar-refractivity contribution in [2.24, 2.45) is 0 Å². The molecule has 0 saturated heterocycles. The highest BCUT2D eigenvalue weighted by Crippen LogP contribution is 2.26. The van der Waals surface area contributed by atoms with Crippen molar-refractivity contribution in [3.8, 4) is 0 Å². The summed E-state index contributed by atoms with van der Waals surface area (Å²) in [5.41, 5.74) is 4.31. The molecule has 0 aromatic heterocycles. The number of nitrogens with one attached hydrogen (secondary N) is 1. The number of hydrogen-bond acceptors (Lipinski definition) is 2. The normalized spacial score (nSPS) is 16.6. The number of carbonyl (C=O) groups excluding carboxylic acids is 1. The fraction of sp³-hybridized carbons (Fsp3) is 0.562. The maximum absolute atomic E-state index is 12.2. The van der Waals surface area contributed by atoms with E-state index in [1.54, 1.807) is 0 Å². The van der Waals surface area contributed by atoms with E-state index in [-0.39, 0.29) is 17.4 Å². The van der Waals surface area contributed by atoms with E-state index in [1.165, 1.54) is 12.8 Å². The molecule has 104 valence electrons. The van der Waals surface area contributed by atoms with Gasteiger partial charge in [-0.05, 0) is 29.9 Å². The van der Waals surface area contributed by atoms with Gasteiger partial charge in [0.25, 0.3) is 5.91 Å². The number of benzene rings is 1. The molecule has 1 amide bonds. The molecule has 1 fully saturated rings. The standard InChI is InChI=1S/C16H23NO2/c1-16(2,3)14-11-7-6-10-13(14)15(18)17-19-12-8-4-5-9-12/h6-7,10-12H,4-5,8-9H2,1-3H3,(H,17,18). The summed E-state index contributed by atoms with van der Waals surface area (Å²) in [6.07, 6.45) is 4.66. The quantitative estimate of drug-likeness (QED) is 0.844. The van der Waals surface area contributed by atoms with E-state index < -0.39 is 0 Å². The van der Waals surface area contributed by atoms with Crippen molar-refractivity contribution in [1.29, 1.82) is 0 Å². The Labute approximate surface area is 115 Å². The minimum Gasteiger partial charge on any atom is -0.270 e. The average molecular weight is 261 g/mol. The lowest BCUT2D eigenvalue weighted by molar-refractivity contribution is -0.0125.